The van der Waals surface area contributed by atoms with E-state index in [2.05, 4.69) is 0 Å². The molecule has 1 rings (SSSR count). The van der Waals surface area contributed by atoms with E-state index in [1.54, 1.807) is 19.1 Å². The number of hydrogen-bond donors (Lipinski definition) is 3. The molecule has 1 atom stereocenters. The van der Waals surface area contributed by atoms with Crippen LogP contribution in [0.15, 0.2) is 18.2 Å². The molecule has 0 bridgehead atoms. The second-order valence-electron chi connectivity index (χ2n) is 2.72. The Kier molecular flexibility index (Phi) is 2.68. The van der Waals surface area contributed by atoms with Crippen molar-refractivity contribution >= 4 is 0 Å². The van der Waals surface area contributed by atoms with Gasteiger partial charge in [-0.25, -0.2) is 0 Å². The Labute approximate surface area is 70.9 Å². The van der Waals surface area contributed by atoms with Gasteiger partial charge in [-0.2, -0.15) is 0 Å². The molecule has 0 aromatic heterocycles. The topological polar surface area (TPSA) is 60.7 Å². The first-order valence-electron chi connectivity index (χ1n) is 3.76. The fourth-order valence-electron chi connectivity index (χ4n) is 0.992. The molecule has 0 aliphatic carbocycles. The number of aliphatic hydroxyl groups excluding tert-OH is 2. The lowest BCUT2D eigenvalue weighted by atomic mass is 10.1. The molecule has 0 radical (unpaired) electrons. The summed E-state index contributed by atoms with van der Waals surface area (Å²) < 4.78 is 0. The molecule has 66 valence electrons. The molecular formula is C9H12O3. The van der Waals surface area contributed by atoms with Gasteiger partial charge in [0.05, 0.1) is 12.7 Å². The maximum Gasteiger partial charge on any atom is 0.121 e. The zero-order chi connectivity index (χ0) is 9.14. The monoisotopic (exact) mass is 168 g/mol. The highest BCUT2D eigenvalue weighted by Crippen LogP contribution is 2.21. The van der Waals surface area contributed by atoms with E-state index in [4.69, 9.17) is 5.11 Å². The number of aromatic hydroxyl groups is 1. The molecular weight excluding hydrogens is 156 g/mol. The summed E-state index contributed by atoms with van der Waals surface area (Å²) in [5.41, 5.74) is 1.13. The summed E-state index contributed by atoms with van der Waals surface area (Å²) in [5.74, 6) is 0.0573. The van der Waals surface area contributed by atoms with Crippen LogP contribution in [0.1, 0.15) is 24.2 Å². The Morgan fingerprint density at radius 3 is 2.58 bits per heavy atom. The summed E-state index contributed by atoms with van der Waals surface area (Å²) in [6, 6.07) is 4.67. The highest BCUT2D eigenvalue weighted by atomic mass is 16.3. The van der Waals surface area contributed by atoms with E-state index in [0.29, 0.717) is 11.1 Å². The standard InChI is InChI=1S/C9H12O3/c1-6(11)7-2-3-9(12)8(4-7)5-10/h2-4,6,10-12H,5H2,1H3/t6-/m1/s1. The number of rotatable bonds is 2. The van der Waals surface area contributed by atoms with Crippen molar-refractivity contribution in [2.24, 2.45) is 0 Å². The van der Waals surface area contributed by atoms with Crippen molar-refractivity contribution in [3.63, 3.8) is 0 Å². The fraction of sp³-hybridized carbons (Fsp3) is 0.333. The zero-order valence-electron chi connectivity index (χ0n) is 6.86. The SMILES string of the molecule is C[C@@H](O)c1ccc(O)c(CO)c1. The molecule has 0 amide bonds. The molecule has 3 nitrogen and oxygen atoms in total. The molecule has 0 aliphatic heterocycles. The molecule has 0 saturated heterocycles. The average molecular weight is 168 g/mol. The Bertz CT molecular complexity index is 268. The molecule has 0 unspecified atom stereocenters. The molecule has 3 heteroatoms. The normalized spacial score (nSPS) is 12.9. The maximum absolute atomic E-state index is 9.18. The fourth-order valence-corrected chi connectivity index (χ4v) is 0.992. The Hall–Kier alpha value is -1.06. The second-order valence-corrected chi connectivity index (χ2v) is 2.72. The molecule has 1 aromatic carbocycles. The van der Waals surface area contributed by atoms with E-state index in [1.807, 2.05) is 0 Å². The minimum atomic E-state index is -0.573. The van der Waals surface area contributed by atoms with E-state index >= 15 is 0 Å². The molecule has 0 fully saturated rings. The Balaban J connectivity index is 3.05. The average Bonchev–Trinajstić information content (AvgIpc) is 2.05. The van der Waals surface area contributed by atoms with Crippen molar-refractivity contribution in [1.29, 1.82) is 0 Å². The van der Waals surface area contributed by atoms with Gasteiger partial charge in [0.2, 0.25) is 0 Å². The summed E-state index contributed by atoms with van der Waals surface area (Å²) >= 11 is 0. The highest BCUT2D eigenvalue weighted by Gasteiger charge is 2.04. The van der Waals surface area contributed by atoms with E-state index in [1.165, 1.54) is 6.07 Å². The van der Waals surface area contributed by atoms with Crippen molar-refractivity contribution in [3.8, 4) is 5.75 Å². The van der Waals surface area contributed by atoms with Crippen LogP contribution in [0.5, 0.6) is 5.75 Å². The van der Waals surface area contributed by atoms with Crippen LogP contribution in [0.25, 0.3) is 0 Å². The van der Waals surface area contributed by atoms with Crippen LogP contribution in [-0.2, 0) is 6.61 Å². The lowest BCUT2D eigenvalue weighted by molar-refractivity contribution is 0.198. The van der Waals surface area contributed by atoms with Gasteiger partial charge in [-0.15, -0.1) is 0 Å². The predicted octanol–water partition coefficient (Wildman–Crippen LogP) is 0.938. The van der Waals surface area contributed by atoms with Gasteiger partial charge >= 0.3 is 0 Å². The van der Waals surface area contributed by atoms with Crippen LogP contribution >= 0.6 is 0 Å². The van der Waals surface area contributed by atoms with Crippen LogP contribution < -0.4 is 0 Å². The van der Waals surface area contributed by atoms with Crippen LogP contribution in [0.2, 0.25) is 0 Å². The summed E-state index contributed by atoms with van der Waals surface area (Å²) in [6.45, 7) is 1.42. The number of benzene rings is 1. The van der Waals surface area contributed by atoms with Crippen molar-refractivity contribution < 1.29 is 15.3 Å². The van der Waals surface area contributed by atoms with Gasteiger partial charge < -0.3 is 15.3 Å². The lowest BCUT2D eigenvalue weighted by Crippen LogP contribution is -1.93. The predicted molar refractivity (Wildman–Crippen MR) is 44.7 cm³/mol. The quantitative estimate of drug-likeness (QED) is 0.615. The van der Waals surface area contributed by atoms with E-state index < -0.39 is 6.10 Å². The minimum absolute atomic E-state index is 0.0573. The van der Waals surface area contributed by atoms with E-state index in [0.717, 1.165) is 0 Å². The molecule has 0 heterocycles. The molecule has 3 N–H and O–H groups in total. The lowest BCUT2D eigenvalue weighted by Gasteiger charge is -2.07. The molecule has 0 saturated carbocycles. The van der Waals surface area contributed by atoms with Gasteiger partial charge in [0, 0.05) is 5.56 Å². The minimum Gasteiger partial charge on any atom is -0.508 e. The van der Waals surface area contributed by atoms with Gasteiger partial charge in [0.25, 0.3) is 0 Å². The highest BCUT2D eigenvalue weighted by molar-refractivity contribution is 5.36. The van der Waals surface area contributed by atoms with Crippen LogP contribution in [0.3, 0.4) is 0 Å². The third kappa shape index (κ3) is 1.75. The summed E-state index contributed by atoms with van der Waals surface area (Å²) in [7, 11) is 0. The van der Waals surface area contributed by atoms with E-state index in [9.17, 15) is 10.2 Å². The first-order valence-corrected chi connectivity index (χ1v) is 3.76. The van der Waals surface area contributed by atoms with Gasteiger partial charge in [0.15, 0.2) is 0 Å². The zero-order valence-corrected chi connectivity index (χ0v) is 6.86. The summed E-state index contributed by atoms with van der Waals surface area (Å²) in [5, 5.41) is 27.1. The summed E-state index contributed by atoms with van der Waals surface area (Å²) in [6.07, 6.45) is -0.573. The number of hydrogen-bond acceptors (Lipinski definition) is 3. The van der Waals surface area contributed by atoms with Gasteiger partial charge in [-0.1, -0.05) is 6.07 Å². The summed E-state index contributed by atoms with van der Waals surface area (Å²) in [4.78, 5) is 0. The molecule has 12 heavy (non-hydrogen) atoms. The van der Waals surface area contributed by atoms with Gasteiger partial charge in [0.1, 0.15) is 5.75 Å². The van der Waals surface area contributed by atoms with Crippen molar-refractivity contribution in [2.45, 2.75) is 19.6 Å². The van der Waals surface area contributed by atoms with Crippen LogP contribution in [-0.4, -0.2) is 15.3 Å². The number of phenols is 1. The third-order valence-electron chi connectivity index (χ3n) is 1.76. The smallest absolute Gasteiger partial charge is 0.121 e. The van der Waals surface area contributed by atoms with Crippen molar-refractivity contribution in [2.75, 3.05) is 0 Å². The molecule has 0 spiro atoms. The van der Waals surface area contributed by atoms with Crippen molar-refractivity contribution in [1.82, 2.24) is 0 Å². The largest absolute Gasteiger partial charge is 0.508 e. The third-order valence-corrected chi connectivity index (χ3v) is 1.76. The first-order chi connectivity index (χ1) is 5.65. The molecule has 0 aliphatic rings. The Morgan fingerprint density at radius 2 is 2.08 bits per heavy atom. The van der Waals surface area contributed by atoms with Crippen molar-refractivity contribution in [3.05, 3.63) is 29.3 Å². The van der Waals surface area contributed by atoms with E-state index in [-0.39, 0.29) is 12.4 Å². The second kappa shape index (κ2) is 3.56. The molecule has 1 aromatic rings. The van der Waals surface area contributed by atoms with Gasteiger partial charge in [-0.3, -0.25) is 0 Å². The van der Waals surface area contributed by atoms with Crippen LogP contribution in [0.4, 0.5) is 0 Å². The first kappa shape index (κ1) is 9.03. The number of aliphatic hydroxyl groups is 2. The maximum atomic E-state index is 9.18. The Morgan fingerprint density at radius 1 is 1.42 bits per heavy atom. The van der Waals surface area contributed by atoms with Crippen LogP contribution in [0, 0.1) is 0 Å². The van der Waals surface area contributed by atoms with Gasteiger partial charge in [-0.05, 0) is 24.6 Å².